The first-order chi connectivity index (χ1) is 17.2. The van der Waals surface area contributed by atoms with E-state index < -0.39 is 29.9 Å². The minimum atomic E-state index is -4.67. The predicted molar refractivity (Wildman–Crippen MR) is 130 cm³/mol. The highest BCUT2D eigenvalue weighted by atomic mass is 35.5. The molecule has 0 bridgehead atoms. The maximum atomic E-state index is 13.9. The van der Waals surface area contributed by atoms with Crippen LogP contribution in [0.3, 0.4) is 0 Å². The smallest absolute Gasteiger partial charge is 0.408 e. The second kappa shape index (κ2) is 9.66. The average Bonchev–Trinajstić information content (AvgIpc) is 2.99. The molecule has 190 valence electrons. The Morgan fingerprint density at radius 3 is 2.75 bits per heavy atom. The third-order valence-corrected chi connectivity index (χ3v) is 7.96. The molecule has 0 aromatic heterocycles. The number of carbonyl (C=O) groups excluding carboxylic acids is 1. The fraction of sp³-hybridized carbons (Fsp3) is 0.320. The highest BCUT2D eigenvalue weighted by Crippen LogP contribution is 2.47. The number of rotatable bonds is 2. The SMILES string of the molecule is C[C@@H](N1CN([C@@H]2c3ccccc3SCc3cccc(Cl)c32)N2/C=C\COCC(O)=C2C1=O)C(F)(F)F. The van der Waals surface area contributed by atoms with Crippen LogP contribution in [0.25, 0.3) is 0 Å². The van der Waals surface area contributed by atoms with Gasteiger partial charge < -0.3 is 14.7 Å². The minimum Gasteiger partial charge on any atom is -0.507 e. The van der Waals surface area contributed by atoms with Gasteiger partial charge in [-0.25, -0.2) is 0 Å². The van der Waals surface area contributed by atoms with Crippen LogP contribution in [0.15, 0.2) is 71.1 Å². The third kappa shape index (κ3) is 4.36. The first kappa shape index (κ1) is 25.0. The average molecular weight is 538 g/mol. The molecule has 36 heavy (non-hydrogen) atoms. The van der Waals surface area contributed by atoms with E-state index in [-0.39, 0.29) is 25.6 Å². The Labute approximate surface area is 215 Å². The number of fused-ring (bicyclic) bond motifs is 3. The van der Waals surface area contributed by atoms with E-state index in [9.17, 15) is 23.1 Å². The van der Waals surface area contributed by atoms with Crippen LogP contribution in [-0.2, 0) is 15.3 Å². The highest BCUT2D eigenvalue weighted by Gasteiger charge is 2.49. The Morgan fingerprint density at radius 1 is 1.19 bits per heavy atom. The lowest BCUT2D eigenvalue weighted by molar-refractivity contribution is -0.204. The number of halogens is 4. The molecular weight excluding hydrogens is 515 g/mol. The maximum absolute atomic E-state index is 13.9. The van der Waals surface area contributed by atoms with Gasteiger partial charge in [-0.2, -0.15) is 18.2 Å². The fourth-order valence-electron chi connectivity index (χ4n) is 4.65. The highest BCUT2D eigenvalue weighted by molar-refractivity contribution is 7.98. The Bertz CT molecular complexity index is 1250. The van der Waals surface area contributed by atoms with Crippen molar-refractivity contribution in [2.45, 2.75) is 35.8 Å². The number of ether oxygens (including phenoxy) is 1. The van der Waals surface area contributed by atoms with E-state index in [1.165, 1.54) is 5.01 Å². The molecule has 3 heterocycles. The lowest BCUT2D eigenvalue weighted by Crippen LogP contribution is -2.62. The van der Waals surface area contributed by atoms with Crippen molar-refractivity contribution in [2.75, 3.05) is 19.9 Å². The summed E-state index contributed by atoms with van der Waals surface area (Å²) in [7, 11) is 0. The second-order valence-electron chi connectivity index (χ2n) is 8.65. The van der Waals surface area contributed by atoms with Gasteiger partial charge in [0, 0.05) is 21.9 Å². The Hall–Kier alpha value is -2.66. The molecule has 2 aromatic carbocycles. The van der Waals surface area contributed by atoms with Crippen LogP contribution in [-0.4, -0.2) is 58.0 Å². The molecule has 2 atom stereocenters. The van der Waals surface area contributed by atoms with Crippen molar-refractivity contribution in [3.8, 4) is 0 Å². The predicted octanol–water partition coefficient (Wildman–Crippen LogP) is 5.62. The van der Waals surface area contributed by atoms with Crippen molar-refractivity contribution >= 4 is 29.3 Å². The summed E-state index contributed by atoms with van der Waals surface area (Å²) in [6, 6.07) is 10.5. The summed E-state index contributed by atoms with van der Waals surface area (Å²) in [5, 5.41) is 14.4. The third-order valence-electron chi connectivity index (χ3n) is 6.49. The Morgan fingerprint density at radius 2 is 1.97 bits per heavy atom. The summed E-state index contributed by atoms with van der Waals surface area (Å²) >= 11 is 8.36. The van der Waals surface area contributed by atoms with Crippen LogP contribution in [0, 0.1) is 0 Å². The van der Waals surface area contributed by atoms with Gasteiger partial charge in [-0.15, -0.1) is 11.8 Å². The Balaban J connectivity index is 1.75. The van der Waals surface area contributed by atoms with E-state index in [4.69, 9.17) is 16.3 Å². The zero-order chi connectivity index (χ0) is 25.6. The molecule has 6 nitrogen and oxygen atoms in total. The van der Waals surface area contributed by atoms with E-state index in [2.05, 4.69) is 0 Å². The van der Waals surface area contributed by atoms with E-state index in [0.29, 0.717) is 10.8 Å². The molecule has 3 aliphatic heterocycles. The molecule has 0 unspecified atom stereocenters. The molecule has 1 N–H and O–H groups in total. The molecule has 5 rings (SSSR count). The van der Waals surface area contributed by atoms with E-state index in [1.54, 1.807) is 35.1 Å². The first-order valence-corrected chi connectivity index (χ1v) is 12.6. The van der Waals surface area contributed by atoms with E-state index in [1.807, 2.05) is 36.4 Å². The van der Waals surface area contributed by atoms with Gasteiger partial charge >= 0.3 is 6.18 Å². The number of aliphatic hydroxyl groups excluding tert-OH is 1. The molecule has 1 saturated heterocycles. The number of benzene rings is 2. The maximum Gasteiger partial charge on any atom is 0.408 e. The number of nitrogens with zero attached hydrogens (tertiary/aromatic N) is 3. The zero-order valence-electron chi connectivity index (χ0n) is 19.2. The van der Waals surface area contributed by atoms with Gasteiger partial charge in [-0.1, -0.05) is 41.9 Å². The molecule has 2 aromatic rings. The number of amides is 1. The van der Waals surface area contributed by atoms with Crippen molar-refractivity contribution in [1.29, 1.82) is 0 Å². The van der Waals surface area contributed by atoms with Gasteiger partial charge in [0.1, 0.15) is 18.4 Å². The van der Waals surface area contributed by atoms with Gasteiger partial charge in [-0.3, -0.25) is 9.80 Å². The Kier molecular flexibility index (Phi) is 6.71. The number of aliphatic hydroxyl groups is 1. The lowest BCUT2D eigenvalue weighted by atomic mass is 9.94. The normalized spacial score (nSPS) is 22.7. The number of thioether (sulfide) groups is 1. The molecule has 0 saturated carbocycles. The molecule has 3 aliphatic rings. The fourth-order valence-corrected chi connectivity index (χ4v) is 6.04. The summed E-state index contributed by atoms with van der Waals surface area (Å²) in [5.74, 6) is -0.750. The van der Waals surface area contributed by atoms with Crippen molar-refractivity contribution in [3.05, 3.63) is 87.9 Å². The summed E-state index contributed by atoms with van der Waals surface area (Å²) < 4.78 is 47.0. The quantitative estimate of drug-likeness (QED) is 0.537. The number of alkyl halides is 3. The zero-order valence-corrected chi connectivity index (χ0v) is 20.8. The van der Waals surface area contributed by atoms with Crippen LogP contribution in [0.5, 0.6) is 0 Å². The molecule has 0 aliphatic carbocycles. The molecule has 1 amide bonds. The molecule has 0 radical (unpaired) electrons. The largest absolute Gasteiger partial charge is 0.507 e. The summed E-state index contributed by atoms with van der Waals surface area (Å²) in [5.41, 5.74) is 2.25. The number of hydrogen-bond donors (Lipinski definition) is 1. The van der Waals surface area contributed by atoms with Crippen molar-refractivity contribution in [2.24, 2.45) is 0 Å². The first-order valence-electron chi connectivity index (χ1n) is 11.3. The topological polar surface area (TPSA) is 56.3 Å². The number of hydrazine groups is 1. The molecule has 11 heteroatoms. The van der Waals surface area contributed by atoms with E-state index >= 15 is 0 Å². The van der Waals surface area contributed by atoms with Gasteiger partial charge in [0.25, 0.3) is 5.91 Å². The molecule has 1 fully saturated rings. The van der Waals surface area contributed by atoms with Gasteiger partial charge in [-0.05, 0) is 41.8 Å². The van der Waals surface area contributed by atoms with Crippen molar-refractivity contribution < 1.29 is 27.8 Å². The molecule has 0 spiro atoms. The van der Waals surface area contributed by atoms with Crippen LogP contribution in [0.4, 0.5) is 13.2 Å². The summed E-state index contributed by atoms with van der Waals surface area (Å²) in [6.45, 7) is 0.414. The summed E-state index contributed by atoms with van der Waals surface area (Å²) in [4.78, 5) is 15.1. The van der Waals surface area contributed by atoms with Gasteiger partial charge in [0.15, 0.2) is 5.70 Å². The van der Waals surface area contributed by atoms with E-state index in [0.717, 1.165) is 33.4 Å². The standard InChI is InChI=1S/C25H23ClF3N3O3S/c1-15(25(27,28)29)30-14-32(31-10-5-11-35-12-19(33)23(31)24(30)34)22-17-7-2-3-9-20(17)36-13-16-6-4-8-18(26)21(16)22/h2-10,15,22,33H,11-14H2,1H3/b10-5-,23-19?/t15-,22-/m1/s1. The van der Waals surface area contributed by atoms with Crippen LogP contribution in [0.1, 0.15) is 29.7 Å². The van der Waals surface area contributed by atoms with Crippen LogP contribution in [0.2, 0.25) is 5.02 Å². The minimum absolute atomic E-state index is 0.160. The second-order valence-corrected chi connectivity index (χ2v) is 10.1. The summed E-state index contributed by atoms with van der Waals surface area (Å²) in [6.07, 6.45) is -1.46. The van der Waals surface area contributed by atoms with Crippen molar-refractivity contribution in [1.82, 2.24) is 14.9 Å². The molecular formula is C25H23ClF3N3O3S. The van der Waals surface area contributed by atoms with Gasteiger partial charge in [0.2, 0.25) is 0 Å². The lowest BCUT2D eigenvalue weighted by Gasteiger charge is -2.49. The van der Waals surface area contributed by atoms with Crippen LogP contribution >= 0.6 is 23.4 Å². The monoisotopic (exact) mass is 537 g/mol. The number of hydrogen-bond acceptors (Lipinski definition) is 6. The van der Waals surface area contributed by atoms with Crippen LogP contribution < -0.4 is 0 Å². The van der Waals surface area contributed by atoms with Gasteiger partial charge in [0.05, 0.1) is 19.3 Å². The van der Waals surface area contributed by atoms with Crippen molar-refractivity contribution in [3.63, 3.8) is 0 Å². The number of carbonyl (C=O) groups is 1.